The number of ether oxygens (including phenoxy) is 1. The molecule has 5 nitrogen and oxygen atoms in total. The van der Waals surface area contributed by atoms with Gasteiger partial charge in [-0.05, 0) is 24.1 Å². The van der Waals surface area contributed by atoms with Crippen LogP contribution in [0.15, 0.2) is 24.3 Å². The molecule has 104 valence electrons. The molecule has 0 aliphatic carbocycles. The van der Waals surface area contributed by atoms with Crippen LogP contribution >= 0.6 is 0 Å². The summed E-state index contributed by atoms with van der Waals surface area (Å²) in [7, 11) is 1.56. The van der Waals surface area contributed by atoms with Crippen molar-refractivity contribution in [3.8, 4) is 5.75 Å². The zero-order valence-corrected chi connectivity index (χ0v) is 11.2. The van der Waals surface area contributed by atoms with Crippen molar-refractivity contribution in [1.29, 1.82) is 0 Å². The summed E-state index contributed by atoms with van der Waals surface area (Å²) in [5, 5.41) is 10.8. The molecule has 0 aliphatic heterocycles. The van der Waals surface area contributed by atoms with Crippen molar-refractivity contribution in [2.45, 2.75) is 25.7 Å². The van der Waals surface area contributed by atoms with Crippen LogP contribution in [0.5, 0.6) is 5.75 Å². The number of aldehydes is 1. The number of nitrogens with zero attached hydrogens (tertiary/aromatic N) is 1. The quantitative estimate of drug-likeness (QED) is 0.411. The van der Waals surface area contributed by atoms with Crippen LogP contribution in [0, 0.1) is 16.0 Å². The fourth-order valence-corrected chi connectivity index (χ4v) is 2.20. The standard InChI is InChI=1S/C14H19NO4/c1-3-4-12(10-16)14(9-15(17)18)11-5-7-13(19-2)8-6-11/h5-8,10,12,14H,3-4,9H2,1-2H3/t12-,14-/m1/s1. The maximum Gasteiger partial charge on any atom is 0.211 e. The van der Waals surface area contributed by atoms with Gasteiger partial charge in [0.2, 0.25) is 6.54 Å². The summed E-state index contributed by atoms with van der Waals surface area (Å²) in [4.78, 5) is 21.6. The topological polar surface area (TPSA) is 69.4 Å². The Hall–Kier alpha value is -1.91. The summed E-state index contributed by atoms with van der Waals surface area (Å²) >= 11 is 0. The Labute approximate surface area is 112 Å². The first-order valence-corrected chi connectivity index (χ1v) is 6.33. The monoisotopic (exact) mass is 265 g/mol. The molecule has 2 atom stereocenters. The minimum absolute atomic E-state index is 0.226. The molecule has 0 unspecified atom stereocenters. The summed E-state index contributed by atoms with van der Waals surface area (Å²) in [6, 6.07) is 7.10. The number of carbonyl (C=O) groups excluding carboxylic acids is 1. The fraction of sp³-hybridized carbons (Fsp3) is 0.500. The summed E-state index contributed by atoms with van der Waals surface area (Å²) in [6.45, 7) is 1.74. The molecule has 0 saturated heterocycles. The molecule has 1 rings (SSSR count). The Kier molecular flexibility index (Phi) is 5.99. The van der Waals surface area contributed by atoms with E-state index in [2.05, 4.69) is 0 Å². The lowest BCUT2D eigenvalue weighted by Crippen LogP contribution is -2.22. The van der Waals surface area contributed by atoms with Gasteiger partial charge in [0.25, 0.3) is 0 Å². The summed E-state index contributed by atoms with van der Waals surface area (Å²) < 4.78 is 5.06. The molecule has 19 heavy (non-hydrogen) atoms. The van der Waals surface area contributed by atoms with Crippen LogP contribution in [0.2, 0.25) is 0 Å². The van der Waals surface area contributed by atoms with Gasteiger partial charge in [-0.3, -0.25) is 10.1 Å². The average Bonchev–Trinajstić information content (AvgIpc) is 2.42. The van der Waals surface area contributed by atoms with Gasteiger partial charge >= 0.3 is 0 Å². The van der Waals surface area contributed by atoms with Gasteiger partial charge in [0, 0.05) is 10.8 Å². The summed E-state index contributed by atoms with van der Waals surface area (Å²) in [5.74, 6) is 0.00361. The van der Waals surface area contributed by atoms with Crippen molar-refractivity contribution in [2.75, 3.05) is 13.7 Å². The van der Waals surface area contributed by atoms with Crippen LogP contribution in [0.3, 0.4) is 0 Å². The van der Waals surface area contributed by atoms with Gasteiger partial charge in [-0.1, -0.05) is 25.5 Å². The maximum atomic E-state index is 11.2. The number of nitro groups is 1. The average molecular weight is 265 g/mol. The van der Waals surface area contributed by atoms with Gasteiger partial charge < -0.3 is 9.53 Å². The summed E-state index contributed by atoms with van der Waals surface area (Å²) in [6.07, 6.45) is 2.32. The Morgan fingerprint density at radius 2 is 2.00 bits per heavy atom. The third-order valence-corrected chi connectivity index (χ3v) is 3.20. The zero-order chi connectivity index (χ0) is 14.3. The van der Waals surface area contributed by atoms with E-state index in [4.69, 9.17) is 4.74 Å². The maximum absolute atomic E-state index is 11.2. The highest BCUT2D eigenvalue weighted by atomic mass is 16.6. The zero-order valence-electron chi connectivity index (χ0n) is 11.2. The Bertz CT molecular complexity index is 416. The number of carbonyl (C=O) groups is 1. The first-order chi connectivity index (χ1) is 9.12. The van der Waals surface area contributed by atoms with E-state index in [0.29, 0.717) is 12.2 Å². The van der Waals surface area contributed by atoms with Gasteiger partial charge in [0.05, 0.1) is 13.0 Å². The number of rotatable bonds is 8. The van der Waals surface area contributed by atoms with Gasteiger partial charge in [-0.15, -0.1) is 0 Å². The molecule has 0 radical (unpaired) electrons. The number of hydrogen-bond donors (Lipinski definition) is 0. The third-order valence-electron chi connectivity index (χ3n) is 3.20. The van der Waals surface area contributed by atoms with Crippen molar-refractivity contribution in [2.24, 2.45) is 5.92 Å². The molecular formula is C14H19NO4. The minimum atomic E-state index is -0.377. The lowest BCUT2D eigenvalue weighted by Gasteiger charge is -2.19. The summed E-state index contributed by atoms with van der Waals surface area (Å²) in [5.41, 5.74) is 0.808. The van der Waals surface area contributed by atoms with E-state index in [-0.39, 0.29) is 23.3 Å². The van der Waals surface area contributed by atoms with Crippen molar-refractivity contribution >= 4 is 6.29 Å². The smallest absolute Gasteiger partial charge is 0.211 e. The van der Waals surface area contributed by atoms with E-state index in [9.17, 15) is 14.9 Å². The molecule has 0 bridgehead atoms. The number of hydrogen-bond acceptors (Lipinski definition) is 4. The first-order valence-electron chi connectivity index (χ1n) is 6.33. The molecule has 0 saturated carbocycles. The Morgan fingerprint density at radius 3 is 2.42 bits per heavy atom. The highest BCUT2D eigenvalue weighted by Crippen LogP contribution is 2.28. The normalized spacial score (nSPS) is 13.6. The van der Waals surface area contributed by atoms with Crippen molar-refractivity contribution in [3.63, 3.8) is 0 Å². The molecule has 1 aromatic rings. The number of methoxy groups -OCH3 is 1. The molecule has 0 aromatic heterocycles. The largest absolute Gasteiger partial charge is 0.497 e. The lowest BCUT2D eigenvalue weighted by molar-refractivity contribution is -0.484. The van der Waals surface area contributed by atoms with Crippen LogP contribution in [-0.2, 0) is 4.79 Å². The lowest BCUT2D eigenvalue weighted by atomic mass is 9.84. The van der Waals surface area contributed by atoms with Crippen molar-refractivity contribution in [1.82, 2.24) is 0 Å². The highest BCUT2D eigenvalue weighted by Gasteiger charge is 2.27. The van der Waals surface area contributed by atoms with E-state index in [1.165, 1.54) is 0 Å². The molecule has 0 fully saturated rings. The second-order valence-corrected chi connectivity index (χ2v) is 4.48. The second-order valence-electron chi connectivity index (χ2n) is 4.48. The van der Waals surface area contributed by atoms with Crippen LogP contribution in [0.4, 0.5) is 0 Å². The molecule has 0 heterocycles. The minimum Gasteiger partial charge on any atom is -0.497 e. The predicted octanol–water partition coefficient (Wildman–Crippen LogP) is 2.67. The Balaban J connectivity index is 2.99. The second kappa shape index (κ2) is 7.51. The Morgan fingerprint density at radius 1 is 1.37 bits per heavy atom. The van der Waals surface area contributed by atoms with Crippen molar-refractivity contribution < 1.29 is 14.5 Å². The first kappa shape index (κ1) is 15.1. The highest BCUT2D eigenvalue weighted by molar-refractivity contribution is 5.56. The van der Waals surface area contributed by atoms with Crippen LogP contribution in [-0.4, -0.2) is 24.9 Å². The third kappa shape index (κ3) is 4.35. The predicted molar refractivity (Wildman–Crippen MR) is 72.1 cm³/mol. The van der Waals surface area contributed by atoms with E-state index in [1.807, 2.05) is 6.92 Å². The van der Waals surface area contributed by atoms with Crippen LogP contribution < -0.4 is 4.74 Å². The number of benzene rings is 1. The molecule has 0 spiro atoms. The molecule has 5 heteroatoms. The fourth-order valence-electron chi connectivity index (χ4n) is 2.20. The van der Waals surface area contributed by atoms with Crippen molar-refractivity contribution in [3.05, 3.63) is 39.9 Å². The van der Waals surface area contributed by atoms with Gasteiger partial charge in [0.15, 0.2) is 0 Å². The molecule has 1 aromatic carbocycles. The SMILES string of the molecule is CCC[C@H](C=O)[C@H](C[N+](=O)[O-])c1ccc(OC)cc1. The van der Waals surface area contributed by atoms with Gasteiger partial charge in [-0.2, -0.15) is 0 Å². The molecular weight excluding hydrogens is 246 g/mol. The van der Waals surface area contributed by atoms with E-state index >= 15 is 0 Å². The van der Waals surface area contributed by atoms with E-state index < -0.39 is 0 Å². The van der Waals surface area contributed by atoms with E-state index in [1.54, 1.807) is 31.4 Å². The van der Waals surface area contributed by atoms with Gasteiger partial charge in [0.1, 0.15) is 12.0 Å². The molecule has 0 N–H and O–H groups in total. The van der Waals surface area contributed by atoms with Gasteiger partial charge in [-0.25, -0.2) is 0 Å². The molecule has 0 aliphatic rings. The van der Waals surface area contributed by atoms with E-state index in [0.717, 1.165) is 18.3 Å². The van der Waals surface area contributed by atoms with Crippen LogP contribution in [0.1, 0.15) is 31.2 Å². The molecule has 0 amide bonds. The van der Waals surface area contributed by atoms with Crippen LogP contribution in [0.25, 0.3) is 0 Å².